The van der Waals surface area contributed by atoms with Crippen LogP contribution in [0.2, 0.25) is 0 Å². The number of nitrogens with zero attached hydrogens (tertiary/aromatic N) is 4. The summed E-state index contributed by atoms with van der Waals surface area (Å²) in [5.74, 6) is -4.81. The van der Waals surface area contributed by atoms with Gasteiger partial charge in [0.2, 0.25) is 11.8 Å². The van der Waals surface area contributed by atoms with E-state index in [0.29, 0.717) is 5.69 Å². The second-order valence-corrected chi connectivity index (χ2v) is 9.64. The number of halogens is 5. The molecule has 9 nitrogen and oxygen atoms in total. The highest BCUT2D eigenvalue weighted by Gasteiger charge is 2.39. The molecular formula is C26H25F5N6O3. The quantitative estimate of drug-likeness (QED) is 0.275. The molecule has 0 radical (unpaired) electrons. The Morgan fingerprint density at radius 1 is 1.20 bits per heavy atom. The molecule has 40 heavy (non-hydrogen) atoms. The summed E-state index contributed by atoms with van der Waals surface area (Å²) in [5.41, 5.74) is 0.775. The number of benzene rings is 1. The smallest absolute Gasteiger partial charge is 0.369 e. The van der Waals surface area contributed by atoms with Gasteiger partial charge in [0.15, 0.2) is 11.9 Å². The minimum atomic E-state index is -4.52. The highest BCUT2D eigenvalue weighted by molar-refractivity contribution is 5.96. The Morgan fingerprint density at radius 3 is 2.58 bits per heavy atom. The molecule has 2 aromatic heterocycles. The fraction of sp³-hybridized carbons (Fsp3) is 0.423. The second-order valence-electron chi connectivity index (χ2n) is 9.64. The molecular weight excluding hydrogens is 539 g/mol. The van der Waals surface area contributed by atoms with Gasteiger partial charge in [0.05, 0.1) is 47.7 Å². The minimum Gasteiger partial charge on any atom is -0.369 e. The number of imidazole rings is 1. The van der Waals surface area contributed by atoms with E-state index in [1.807, 2.05) is 6.07 Å². The van der Waals surface area contributed by atoms with Crippen LogP contribution in [0.1, 0.15) is 78.0 Å². The Balaban J connectivity index is 1.58. The first-order chi connectivity index (χ1) is 18.8. The minimum absolute atomic E-state index is 0.0471. The molecule has 0 saturated heterocycles. The predicted octanol–water partition coefficient (Wildman–Crippen LogP) is 4.35. The Bertz CT molecular complexity index is 1420. The molecule has 14 heteroatoms. The zero-order chi connectivity index (χ0) is 29.1. The first kappa shape index (κ1) is 28.9. The topological polar surface area (TPSA) is 132 Å². The maximum Gasteiger partial charge on any atom is 0.389 e. The van der Waals surface area contributed by atoms with Crippen LogP contribution in [0.3, 0.4) is 0 Å². The van der Waals surface area contributed by atoms with Crippen LogP contribution in [-0.2, 0) is 4.79 Å². The number of alkyl halides is 5. The molecule has 212 valence electrons. The summed E-state index contributed by atoms with van der Waals surface area (Å²) in [6, 6.07) is 8.64. The van der Waals surface area contributed by atoms with Crippen LogP contribution in [-0.4, -0.2) is 43.6 Å². The lowest BCUT2D eigenvalue weighted by Crippen LogP contribution is -2.37. The number of hydrogen-bond donors (Lipinski definition) is 3. The number of carbonyl (C=O) groups is 2. The number of rotatable bonds is 8. The predicted molar refractivity (Wildman–Crippen MR) is 130 cm³/mol. The van der Waals surface area contributed by atoms with Gasteiger partial charge < -0.3 is 15.7 Å². The largest absolute Gasteiger partial charge is 0.389 e. The summed E-state index contributed by atoms with van der Waals surface area (Å²) in [6.07, 6.45) is -6.23. The molecule has 1 aromatic carbocycles. The fourth-order valence-electron chi connectivity index (χ4n) is 4.60. The zero-order valence-corrected chi connectivity index (χ0v) is 21.0. The van der Waals surface area contributed by atoms with Crippen LogP contribution in [0.5, 0.6) is 0 Å². The normalized spacial score (nSPS) is 17.1. The molecule has 2 atom stereocenters. The van der Waals surface area contributed by atoms with Crippen molar-refractivity contribution in [1.29, 1.82) is 5.26 Å². The zero-order valence-electron chi connectivity index (χ0n) is 21.0. The van der Waals surface area contributed by atoms with E-state index in [1.165, 1.54) is 35.1 Å². The first-order valence-corrected chi connectivity index (χ1v) is 12.4. The average Bonchev–Trinajstić information content (AvgIpc) is 3.33. The van der Waals surface area contributed by atoms with Crippen molar-refractivity contribution in [3.63, 3.8) is 0 Å². The lowest BCUT2D eigenvalue weighted by Gasteiger charge is -2.33. The van der Waals surface area contributed by atoms with E-state index >= 15 is 0 Å². The third kappa shape index (κ3) is 7.09. The molecule has 1 fully saturated rings. The molecule has 3 N–H and O–H groups in total. The molecule has 1 aliphatic carbocycles. The van der Waals surface area contributed by atoms with Crippen LogP contribution in [0.15, 0.2) is 42.7 Å². The lowest BCUT2D eigenvalue weighted by atomic mass is 9.81. The molecule has 0 spiro atoms. The van der Waals surface area contributed by atoms with Crippen molar-refractivity contribution in [1.82, 2.24) is 25.2 Å². The fourth-order valence-corrected chi connectivity index (χ4v) is 4.60. The number of aliphatic hydroxyl groups excluding tert-OH is 1. The van der Waals surface area contributed by atoms with E-state index < -0.39 is 54.9 Å². The van der Waals surface area contributed by atoms with Crippen LogP contribution in [0.25, 0.3) is 5.65 Å². The van der Waals surface area contributed by atoms with Crippen LogP contribution in [0.4, 0.5) is 22.0 Å². The number of nitriles is 1. The number of amides is 2. The SMILES string of the molecule is N#Cc1ccccc1C(=O)N[C@H](c1cn2ncc([C@@H](O)NC(=O)CCC(F)(F)F)cc2n1)C1CCC(F)(F)CC1. The van der Waals surface area contributed by atoms with E-state index in [4.69, 9.17) is 0 Å². The van der Waals surface area contributed by atoms with Crippen molar-refractivity contribution in [2.45, 2.75) is 62.9 Å². The monoisotopic (exact) mass is 564 g/mol. The van der Waals surface area contributed by atoms with Crippen molar-refractivity contribution in [3.8, 4) is 6.07 Å². The number of carbonyl (C=O) groups excluding carboxylic acids is 2. The third-order valence-corrected chi connectivity index (χ3v) is 6.74. The first-order valence-electron chi connectivity index (χ1n) is 12.4. The van der Waals surface area contributed by atoms with E-state index in [2.05, 4.69) is 20.7 Å². The Labute approximate surface area is 225 Å². The molecule has 0 aliphatic heterocycles. The number of hydrogen-bond acceptors (Lipinski definition) is 6. The van der Waals surface area contributed by atoms with Gasteiger partial charge in [-0.1, -0.05) is 12.1 Å². The van der Waals surface area contributed by atoms with Gasteiger partial charge in [0.1, 0.15) is 0 Å². The number of aromatic nitrogens is 3. The van der Waals surface area contributed by atoms with Crippen LogP contribution < -0.4 is 10.6 Å². The third-order valence-electron chi connectivity index (χ3n) is 6.74. The lowest BCUT2D eigenvalue weighted by molar-refractivity contribution is -0.145. The highest BCUT2D eigenvalue weighted by atomic mass is 19.4. The van der Waals surface area contributed by atoms with Gasteiger partial charge in [0, 0.05) is 24.8 Å². The van der Waals surface area contributed by atoms with Gasteiger partial charge in [-0.2, -0.15) is 23.5 Å². The molecule has 4 rings (SSSR count). The second kappa shape index (κ2) is 11.5. The highest BCUT2D eigenvalue weighted by Crippen LogP contribution is 2.41. The molecule has 1 saturated carbocycles. The summed E-state index contributed by atoms with van der Waals surface area (Å²) >= 11 is 0. The Hall–Kier alpha value is -4.12. The van der Waals surface area contributed by atoms with Crippen molar-refractivity contribution in [3.05, 3.63) is 65.1 Å². The number of nitrogens with one attached hydrogen (secondary N) is 2. The maximum absolute atomic E-state index is 13.9. The summed E-state index contributed by atoms with van der Waals surface area (Å²) in [4.78, 5) is 29.4. The van der Waals surface area contributed by atoms with Gasteiger partial charge in [0.25, 0.3) is 5.91 Å². The van der Waals surface area contributed by atoms with E-state index in [9.17, 15) is 41.9 Å². The molecule has 0 unspecified atom stereocenters. The van der Waals surface area contributed by atoms with Crippen LogP contribution in [0, 0.1) is 17.2 Å². The Morgan fingerprint density at radius 2 is 1.90 bits per heavy atom. The number of fused-ring (bicyclic) bond motifs is 1. The van der Waals surface area contributed by atoms with E-state index in [1.54, 1.807) is 12.1 Å². The van der Waals surface area contributed by atoms with Gasteiger partial charge in [-0.3, -0.25) is 9.59 Å². The van der Waals surface area contributed by atoms with Crippen molar-refractivity contribution < 1.29 is 36.6 Å². The molecule has 1 aliphatic rings. The molecule has 2 amide bonds. The van der Waals surface area contributed by atoms with E-state index in [-0.39, 0.29) is 48.0 Å². The van der Waals surface area contributed by atoms with Crippen molar-refractivity contribution in [2.24, 2.45) is 5.92 Å². The van der Waals surface area contributed by atoms with Gasteiger partial charge in [-0.15, -0.1) is 0 Å². The summed E-state index contributed by atoms with van der Waals surface area (Å²) < 4.78 is 66.2. The summed E-state index contributed by atoms with van der Waals surface area (Å²) in [7, 11) is 0. The molecule has 3 aromatic rings. The van der Waals surface area contributed by atoms with Crippen molar-refractivity contribution in [2.75, 3.05) is 0 Å². The number of aliphatic hydroxyl groups is 1. The summed E-state index contributed by atoms with van der Waals surface area (Å²) in [6.45, 7) is 0. The van der Waals surface area contributed by atoms with Crippen LogP contribution >= 0.6 is 0 Å². The standard InChI is InChI=1S/C26H25F5N6O3/c27-25(28)8-5-15(6-9-25)22(36-24(40)18-4-2-1-3-16(18)12-32)19-14-37-20(34-19)11-17(13-33-37)23(39)35-21(38)7-10-26(29,30)31/h1-4,11,13-15,22-23,39H,5-10H2,(H,35,38)(H,36,40)/t22-,23+/m0/s1. The molecule has 2 heterocycles. The van der Waals surface area contributed by atoms with Gasteiger partial charge >= 0.3 is 6.18 Å². The van der Waals surface area contributed by atoms with Crippen molar-refractivity contribution >= 4 is 17.5 Å². The van der Waals surface area contributed by atoms with Gasteiger partial charge in [-0.25, -0.2) is 18.3 Å². The summed E-state index contributed by atoms with van der Waals surface area (Å²) in [5, 5.41) is 28.7. The average molecular weight is 565 g/mol. The Kier molecular flexibility index (Phi) is 8.34. The van der Waals surface area contributed by atoms with Gasteiger partial charge in [-0.05, 0) is 37.0 Å². The maximum atomic E-state index is 13.9. The molecule has 0 bridgehead atoms. The van der Waals surface area contributed by atoms with E-state index in [0.717, 1.165) is 0 Å².